The first-order valence-corrected chi connectivity index (χ1v) is 11.9. The smallest absolute Gasteiger partial charge is 0.107 e. The van der Waals surface area contributed by atoms with Crippen molar-refractivity contribution in [2.45, 2.75) is 45.7 Å². The van der Waals surface area contributed by atoms with E-state index < -0.39 is 0 Å². The second kappa shape index (κ2) is 8.10. The van der Waals surface area contributed by atoms with Crippen LogP contribution in [0.15, 0.2) is 60.7 Å². The Morgan fingerprint density at radius 3 is 2.19 bits per heavy atom. The van der Waals surface area contributed by atoms with Crippen LogP contribution in [0, 0.1) is 6.92 Å². The van der Waals surface area contributed by atoms with Crippen molar-refractivity contribution in [1.29, 1.82) is 0 Å². The number of benzene rings is 3. The molecular formula is C28H30N4. The van der Waals surface area contributed by atoms with Crippen molar-refractivity contribution in [1.82, 2.24) is 14.5 Å². The number of hydrogen-bond acceptors (Lipinski definition) is 3. The maximum Gasteiger partial charge on any atom is 0.107 e. The molecule has 4 nitrogen and oxygen atoms in total. The highest BCUT2D eigenvalue weighted by molar-refractivity contribution is 5.76. The Bertz CT molecular complexity index is 1280. The van der Waals surface area contributed by atoms with E-state index in [1.165, 1.54) is 65.1 Å². The van der Waals surface area contributed by atoms with Gasteiger partial charge in [0.2, 0.25) is 0 Å². The third-order valence-electron chi connectivity index (χ3n) is 7.06. The van der Waals surface area contributed by atoms with Crippen molar-refractivity contribution >= 4 is 22.4 Å². The normalized spacial score (nSPS) is 15.9. The number of nitrogens with one attached hydrogen (secondary N) is 1. The molecule has 6 rings (SSSR count). The van der Waals surface area contributed by atoms with Gasteiger partial charge in [0.25, 0.3) is 0 Å². The molecule has 0 saturated carbocycles. The Morgan fingerprint density at radius 1 is 0.812 bits per heavy atom. The highest BCUT2D eigenvalue weighted by Gasteiger charge is 2.16. The number of hydrogen-bond donors (Lipinski definition) is 1. The summed E-state index contributed by atoms with van der Waals surface area (Å²) < 4.78 is 2.32. The lowest BCUT2D eigenvalue weighted by Crippen LogP contribution is -2.18. The first-order valence-electron chi connectivity index (χ1n) is 11.9. The number of likely N-dealkylation sites (tertiary alicyclic amines) is 1. The number of para-hydroxylation sites is 2. The zero-order valence-corrected chi connectivity index (χ0v) is 18.8. The van der Waals surface area contributed by atoms with Crippen molar-refractivity contribution in [3.05, 3.63) is 88.7 Å². The molecule has 1 N–H and O–H groups in total. The van der Waals surface area contributed by atoms with Gasteiger partial charge in [-0.1, -0.05) is 36.4 Å². The molecule has 4 heteroatoms. The van der Waals surface area contributed by atoms with E-state index >= 15 is 0 Å². The molecule has 2 aliphatic rings. The van der Waals surface area contributed by atoms with Crippen molar-refractivity contribution in [2.24, 2.45) is 0 Å². The summed E-state index contributed by atoms with van der Waals surface area (Å²) in [5.74, 6) is 1.07. The number of rotatable bonds is 4. The molecular weight excluding hydrogens is 392 g/mol. The SMILES string of the molecule is Cc1nc2ccccc2n1Cc1ccc2c(c1)CCc1cc(CN3CCCC3)ccc1N2. The lowest BCUT2D eigenvalue weighted by Gasteiger charge is -2.16. The van der Waals surface area contributed by atoms with Crippen LogP contribution >= 0.6 is 0 Å². The van der Waals surface area contributed by atoms with E-state index in [1.54, 1.807) is 0 Å². The summed E-state index contributed by atoms with van der Waals surface area (Å²) in [7, 11) is 0. The van der Waals surface area contributed by atoms with E-state index in [0.29, 0.717) is 0 Å². The van der Waals surface area contributed by atoms with Gasteiger partial charge in [-0.2, -0.15) is 0 Å². The maximum atomic E-state index is 4.73. The second-order valence-corrected chi connectivity index (χ2v) is 9.33. The minimum atomic E-state index is 0.854. The molecule has 0 radical (unpaired) electrons. The van der Waals surface area contributed by atoms with Crippen LogP contribution in [0.1, 0.15) is 40.9 Å². The molecule has 3 aromatic carbocycles. The molecule has 1 aromatic heterocycles. The van der Waals surface area contributed by atoms with Crippen molar-refractivity contribution in [2.75, 3.05) is 18.4 Å². The second-order valence-electron chi connectivity index (χ2n) is 9.33. The van der Waals surface area contributed by atoms with Gasteiger partial charge in [-0.05, 0) is 92.2 Å². The van der Waals surface area contributed by atoms with Gasteiger partial charge in [0.05, 0.1) is 11.0 Å². The van der Waals surface area contributed by atoms with Crippen molar-refractivity contribution in [3.63, 3.8) is 0 Å². The summed E-state index contributed by atoms with van der Waals surface area (Å²) in [6.07, 6.45) is 4.84. The third-order valence-corrected chi connectivity index (χ3v) is 7.06. The Balaban J connectivity index is 1.24. The first kappa shape index (κ1) is 19.6. The highest BCUT2D eigenvalue weighted by atomic mass is 15.1. The standard InChI is InChI=1S/C28H30N4/c1-20-29-27-6-2-3-7-28(27)32(20)19-22-9-13-26-24(17-22)11-10-23-16-21(8-12-25(23)30-26)18-31-14-4-5-15-31/h2-3,6-9,12-13,16-17,30H,4-5,10-11,14-15,18-19H2,1H3. The number of nitrogens with zero attached hydrogens (tertiary/aromatic N) is 3. The summed E-state index contributed by atoms with van der Waals surface area (Å²) in [6.45, 7) is 6.53. The van der Waals surface area contributed by atoms with Gasteiger partial charge in [0.15, 0.2) is 0 Å². The van der Waals surface area contributed by atoms with Crippen LogP contribution in [-0.4, -0.2) is 27.5 Å². The lowest BCUT2D eigenvalue weighted by atomic mass is 10.0. The largest absolute Gasteiger partial charge is 0.355 e. The number of imidazole rings is 1. The molecule has 0 bridgehead atoms. The Labute approximate surface area is 189 Å². The van der Waals surface area contributed by atoms with Gasteiger partial charge in [0.1, 0.15) is 5.82 Å². The first-order chi connectivity index (χ1) is 15.7. The summed E-state index contributed by atoms with van der Waals surface area (Å²) in [4.78, 5) is 7.31. The molecule has 0 atom stereocenters. The van der Waals surface area contributed by atoms with Gasteiger partial charge < -0.3 is 9.88 Å². The van der Waals surface area contributed by atoms with Gasteiger partial charge in [-0.15, -0.1) is 0 Å². The summed E-state index contributed by atoms with van der Waals surface area (Å²) in [5, 5.41) is 3.72. The number of anilines is 2. The van der Waals surface area contributed by atoms with E-state index in [-0.39, 0.29) is 0 Å². The summed E-state index contributed by atoms with van der Waals surface area (Å²) in [6, 6.07) is 22.3. The van der Waals surface area contributed by atoms with Crippen LogP contribution in [0.5, 0.6) is 0 Å². The summed E-state index contributed by atoms with van der Waals surface area (Å²) >= 11 is 0. The predicted octanol–water partition coefficient (Wildman–Crippen LogP) is 5.83. The van der Waals surface area contributed by atoms with Crippen LogP contribution in [-0.2, 0) is 25.9 Å². The van der Waals surface area contributed by atoms with Gasteiger partial charge >= 0.3 is 0 Å². The van der Waals surface area contributed by atoms with E-state index in [1.807, 2.05) is 0 Å². The van der Waals surface area contributed by atoms with Crippen molar-refractivity contribution in [3.8, 4) is 0 Å². The Hall–Kier alpha value is -3.11. The van der Waals surface area contributed by atoms with Crippen LogP contribution in [0.2, 0.25) is 0 Å². The average Bonchev–Trinajstić information content (AvgIpc) is 3.37. The zero-order chi connectivity index (χ0) is 21.5. The molecule has 3 heterocycles. The molecule has 0 amide bonds. The van der Waals surface area contributed by atoms with E-state index in [0.717, 1.165) is 37.3 Å². The Morgan fingerprint density at radius 2 is 1.47 bits per heavy atom. The number of aromatic nitrogens is 2. The third kappa shape index (κ3) is 3.69. The highest BCUT2D eigenvalue weighted by Crippen LogP contribution is 2.32. The number of fused-ring (bicyclic) bond motifs is 3. The fraction of sp³-hybridized carbons (Fsp3) is 0.321. The molecule has 162 valence electrons. The van der Waals surface area contributed by atoms with Gasteiger partial charge in [-0.25, -0.2) is 4.98 Å². The van der Waals surface area contributed by atoms with Crippen LogP contribution in [0.3, 0.4) is 0 Å². The molecule has 0 aliphatic carbocycles. The van der Waals surface area contributed by atoms with E-state index in [4.69, 9.17) is 4.98 Å². The molecule has 1 saturated heterocycles. The molecule has 4 aromatic rings. The molecule has 32 heavy (non-hydrogen) atoms. The molecule has 2 aliphatic heterocycles. The molecule has 0 spiro atoms. The Kier molecular flexibility index (Phi) is 4.95. The topological polar surface area (TPSA) is 33.1 Å². The minimum Gasteiger partial charge on any atom is -0.355 e. The summed E-state index contributed by atoms with van der Waals surface area (Å²) in [5.41, 5.74) is 10.4. The monoisotopic (exact) mass is 422 g/mol. The molecule has 0 unspecified atom stereocenters. The predicted molar refractivity (Wildman–Crippen MR) is 132 cm³/mol. The van der Waals surface area contributed by atoms with Crippen LogP contribution in [0.25, 0.3) is 11.0 Å². The lowest BCUT2D eigenvalue weighted by molar-refractivity contribution is 0.331. The van der Waals surface area contributed by atoms with E-state index in [2.05, 4.69) is 82.4 Å². The molecule has 1 fully saturated rings. The minimum absolute atomic E-state index is 0.854. The van der Waals surface area contributed by atoms with E-state index in [9.17, 15) is 0 Å². The average molecular weight is 423 g/mol. The fourth-order valence-corrected chi connectivity index (χ4v) is 5.34. The van der Waals surface area contributed by atoms with Crippen LogP contribution < -0.4 is 5.32 Å². The van der Waals surface area contributed by atoms with Crippen LogP contribution in [0.4, 0.5) is 11.4 Å². The fourth-order valence-electron chi connectivity index (χ4n) is 5.34. The maximum absolute atomic E-state index is 4.73. The zero-order valence-electron chi connectivity index (χ0n) is 18.8. The van der Waals surface area contributed by atoms with Crippen molar-refractivity contribution < 1.29 is 0 Å². The number of aryl methyl sites for hydroxylation is 3. The quantitative estimate of drug-likeness (QED) is 0.449. The van der Waals surface area contributed by atoms with Gasteiger partial charge in [0, 0.05) is 24.5 Å². The van der Waals surface area contributed by atoms with Gasteiger partial charge in [-0.3, -0.25) is 4.90 Å².